The minimum absolute atomic E-state index is 0.0420. The van der Waals surface area contributed by atoms with Gasteiger partial charge in [0.05, 0.1) is 17.7 Å². The van der Waals surface area contributed by atoms with Crippen molar-refractivity contribution in [2.75, 3.05) is 31.6 Å². The van der Waals surface area contributed by atoms with Crippen LogP contribution >= 0.6 is 0 Å². The first-order valence-corrected chi connectivity index (χ1v) is 10.5. The molecule has 0 saturated carbocycles. The van der Waals surface area contributed by atoms with Crippen LogP contribution in [0.15, 0.2) is 47.4 Å². The van der Waals surface area contributed by atoms with Gasteiger partial charge in [0.25, 0.3) is 15.9 Å². The molecule has 2 rings (SSSR count). The minimum Gasteiger partial charge on any atom is -0.495 e. The van der Waals surface area contributed by atoms with Gasteiger partial charge in [0, 0.05) is 25.3 Å². The first-order chi connectivity index (χ1) is 13.4. The van der Waals surface area contributed by atoms with E-state index < -0.39 is 10.0 Å². The summed E-state index contributed by atoms with van der Waals surface area (Å²) in [5, 5.41) is 2.77. The molecule has 8 heteroatoms. The highest BCUT2D eigenvalue weighted by Crippen LogP contribution is 2.27. The summed E-state index contributed by atoms with van der Waals surface area (Å²) in [6.45, 7) is 5.24. The van der Waals surface area contributed by atoms with Crippen molar-refractivity contribution in [3.8, 4) is 5.75 Å². The fourth-order valence-electron chi connectivity index (χ4n) is 2.58. The molecule has 0 aromatic heterocycles. The third kappa shape index (κ3) is 5.71. The van der Waals surface area contributed by atoms with Crippen molar-refractivity contribution >= 4 is 21.6 Å². The number of anilines is 1. The molecule has 7 nitrogen and oxygen atoms in total. The quantitative estimate of drug-likeness (QED) is 0.592. The molecule has 0 aliphatic heterocycles. The largest absolute Gasteiger partial charge is 0.495 e. The number of amides is 1. The number of methoxy groups -OCH3 is 1. The van der Waals surface area contributed by atoms with Gasteiger partial charge in [-0.15, -0.1) is 0 Å². The highest BCUT2D eigenvalue weighted by atomic mass is 32.2. The van der Waals surface area contributed by atoms with Crippen LogP contribution in [0.3, 0.4) is 0 Å². The first kappa shape index (κ1) is 21.7. The van der Waals surface area contributed by atoms with Gasteiger partial charge in [0.2, 0.25) is 0 Å². The van der Waals surface area contributed by atoms with E-state index in [0.29, 0.717) is 43.2 Å². The van der Waals surface area contributed by atoms with Gasteiger partial charge in [0.15, 0.2) is 0 Å². The van der Waals surface area contributed by atoms with Crippen molar-refractivity contribution in [1.29, 1.82) is 0 Å². The standard InChI is InChI=1S/C20H26N2O5S/c1-4-27-13-7-12-21-20(23)16-11-10-15(2)19(14-16)28(24,25)22-17-8-5-6-9-18(17)26-3/h5-6,8-11,14,22H,4,7,12-13H2,1-3H3,(H,21,23). The summed E-state index contributed by atoms with van der Waals surface area (Å²) >= 11 is 0. The highest BCUT2D eigenvalue weighted by molar-refractivity contribution is 7.92. The van der Waals surface area contributed by atoms with Crippen molar-refractivity contribution in [1.82, 2.24) is 5.32 Å². The van der Waals surface area contributed by atoms with Crippen LogP contribution in [0.1, 0.15) is 29.3 Å². The number of carbonyl (C=O) groups excluding carboxylic acids is 1. The molecule has 0 spiro atoms. The van der Waals surface area contributed by atoms with Crippen molar-refractivity contribution in [3.05, 3.63) is 53.6 Å². The van der Waals surface area contributed by atoms with E-state index in [1.807, 2.05) is 6.92 Å². The Morgan fingerprint density at radius 1 is 1.14 bits per heavy atom. The number of hydrogen-bond acceptors (Lipinski definition) is 5. The van der Waals surface area contributed by atoms with E-state index >= 15 is 0 Å². The van der Waals surface area contributed by atoms with Crippen LogP contribution in [-0.4, -0.2) is 41.2 Å². The number of aryl methyl sites for hydroxylation is 1. The van der Waals surface area contributed by atoms with E-state index in [-0.39, 0.29) is 16.4 Å². The smallest absolute Gasteiger partial charge is 0.262 e. The summed E-state index contributed by atoms with van der Waals surface area (Å²) in [5.74, 6) is 0.0807. The zero-order valence-electron chi connectivity index (χ0n) is 16.3. The number of hydrogen-bond donors (Lipinski definition) is 2. The maximum absolute atomic E-state index is 12.9. The predicted molar refractivity (Wildman–Crippen MR) is 108 cm³/mol. The first-order valence-electron chi connectivity index (χ1n) is 9.01. The summed E-state index contributed by atoms with van der Waals surface area (Å²) in [7, 11) is -2.43. The molecule has 0 aliphatic rings. The summed E-state index contributed by atoms with van der Waals surface area (Å²) in [6.07, 6.45) is 0.686. The molecule has 0 atom stereocenters. The fourth-order valence-corrected chi connectivity index (χ4v) is 3.92. The zero-order valence-corrected chi connectivity index (χ0v) is 17.1. The second kappa shape index (κ2) is 10.1. The molecule has 2 N–H and O–H groups in total. The maximum atomic E-state index is 12.9. The Bertz CT molecular complexity index is 913. The van der Waals surface area contributed by atoms with Crippen molar-refractivity contribution in [2.45, 2.75) is 25.2 Å². The normalized spacial score (nSPS) is 11.1. The number of carbonyl (C=O) groups is 1. The molecule has 0 fully saturated rings. The lowest BCUT2D eigenvalue weighted by atomic mass is 10.1. The molecule has 152 valence electrons. The molecule has 0 saturated heterocycles. The minimum atomic E-state index is -3.90. The molecule has 0 radical (unpaired) electrons. The number of ether oxygens (including phenoxy) is 2. The summed E-state index contributed by atoms with van der Waals surface area (Å²) < 4.78 is 38.7. The van der Waals surface area contributed by atoms with Crippen LogP contribution in [0.4, 0.5) is 5.69 Å². The molecule has 2 aromatic carbocycles. The van der Waals surface area contributed by atoms with Gasteiger partial charge in [-0.3, -0.25) is 9.52 Å². The van der Waals surface area contributed by atoms with Gasteiger partial charge in [-0.05, 0) is 50.1 Å². The van der Waals surface area contributed by atoms with Gasteiger partial charge in [-0.2, -0.15) is 0 Å². The fraction of sp³-hybridized carbons (Fsp3) is 0.350. The Kier molecular flexibility index (Phi) is 7.83. The molecule has 2 aromatic rings. The Hall–Kier alpha value is -2.58. The number of rotatable bonds is 10. The van der Waals surface area contributed by atoms with Gasteiger partial charge in [-0.25, -0.2) is 8.42 Å². The number of sulfonamides is 1. The average molecular weight is 407 g/mol. The van der Waals surface area contributed by atoms with Gasteiger partial charge in [-0.1, -0.05) is 18.2 Å². The Labute approximate surface area is 166 Å². The molecule has 0 heterocycles. The predicted octanol–water partition coefficient (Wildman–Crippen LogP) is 2.96. The second-order valence-corrected chi connectivity index (χ2v) is 7.74. The topological polar surface area (TPSA) is 93.7 Å². The molecular weight excluding hydrogens is 380 g/mol. The van der Waals surface area contributed by atoms with E-state index in [1.54, 1.807) is 43.3 Å². The summed E-state index contributed by atoms with van der Waals surface area (Å²) in [4.78, 5) is 12.4. The van der Waals surface area contributed by atoms with Crippen LogP contribution in [0.2, 0.25) is 0 Å². The molecule has 1 amide bonds. The van der Waals surface area contributed by atoms with Gasteiger partial charge in [0.1, 0.15) is 5.75 Å². The Morgan fingerprint density at radius 2 is 1.89 bits per heavy atom. The molecular formula is C20H26N2O5S. The molecule has 28 heavy (non-hydrogen) atoms. The van der Waals surface area contributed by atoms with Crippen LogP contribution in [-0.2, 0) is 14.8 Å². The summed E-state index contributed by atoms with van der Waals surface area (Å²) in [5.41, 5.74) is 1.15. The zero-order chi connectivity index (χ0) is 20.6. The van der Waals surface area contributed by atoms with Crippen LogP contribution < -0.4 is 14.8 Å². The van der Waals surface area contributed by atoms with E-state index in [0.717, 1.165) is 0 Å². The highest BCUT2D eigenvalue weighted by Gasteiger charge is 2.20. The van der Waals surface area contributed by atoms with E-state index in [1.165, 1.54) is 13.2 Å². The number of para-hydroxylation sites is 2. The number of nitrogens with one attached hydrogen (secondary N) is 2. The average Bonchev–Trinajstić information content (AvgIpc) is 2.68. The van der Waals surface area contributed by atoms with E-state index in [9.17, 15) is 13.2 Å². The van der Waals surface area contributed by atoms with E-state index in [4.69, 9.17) is 9.47 Å². The third-order valence-electron chi connectivity index (χ3n) is 4.05. The number of benzene rings is 2. The monoisotopic (exact) mass is 406 g/mol. The Morgan fingerprint density at radius 3 is 2.61 bits per heavy atom. The summed E-state index contributed by atoms with van der Waals surface area (Å²) in [6, 6.07) is 11.3. The molecule has 0 aliphatic carbocycles. The van der Waals surface area contributed by atoms with Gasteiger partial charge < -0.3 is 14.8 Å². The van der Waals surface area contributed by atoms with Crippen LogP contribution in [0.5, 0.6) is 5.75 Å². The Balaban J connectivity index is 2.18. The van der Waals surface area contributed by atoms with Crippen molar-refractivity contribution < 1.29 is 22.7 Å². The van der Waals surface area contributed by atoms with Crippen LogP contribution in [0.25, 0.3) is 0 Å². The lowest BCUT2D eigenvalue weighted by Gasteiger charge is -2.14. The van der Waals surface area contributed by atoms with Crippen LogP contribution in [0, 0.1) is 6.92 Å². The van der Waals surface area contributed by atoms with E-state index in [2.05, 4.69) is 10.0 Å². The third-order valence-corrected chi connectivity index (χ3v) is 5.55. The SMILES string of the molecule is CCOCCCNC(=O)c1ccc(C)c(S(=O)(=O)Nc2ccccc2OC)c1. The molecule has 0 unspecified atom stereocenters. The van der Waals surface area contributed by atoms with Crippen molar-refractivity contribution in [3.63, 3.8) is 0 Å². The second-order valence-electron chi connectivity index (χ2n) is 6.09. The molecule has 0 bridgehead atoms. The lowest BCUT2D eigenvalue weighted by Crippen LogP contribution is -2.26. The maximum Gasteiger partial charge on any atom is 0.262 e. The van der Waals surface area contributed by atoms with Gasteiger partial charge >= 0.3 is 0 Å². The lowest BCUT2D eigenvalue weighted by molar-refractivity contribution is 0.0944. The van der Waals surface area contributed by atoms with Crippen molar-refractivity contribution in [2.24, 2.45) is 0 Å².